The molecule has 0 fully saturated rings. The van der Waals surface area contributed by atoms with Crippen molar-refractivity contribution < 1.29 is 23.5 Å². The van der Waals surface area contributed by atoms with Gasteiger partial charge < -0.3 is 14.5 Å². The lowest BCUT2D eigenvalue weighted by Crippen LogP contribution is -2.42. The standard InChI is InChI=1S/C22H21N3O5/c1-3-23-22(28)25-19(26)18(15-10-6-4-7-11-15)30-21(27)17-14(2)29-20(24-17)16-12-8-5-9-13-16/h4-13,18H,3H2,1-2H3,(H2,23,25,26,28)/t18-/m0/s1. The lowest BCUT2D eigenvalue weighted by Gasteiger charge is -2.17. The van der Waals surface area contributed by atoms with Crippen LogP contribution in [0.5, 0.6) is 0 Å². The maximum atomic E-state index is 12.8. The number of benzene rings is 2. The Labute approximate surface area is 173 Å². The van der Waals surface area contributed by atoms with Crippen molar-refractivity contribution in [3.8, 4) is 11.5 Å². The van der Waals surface area contributed by atoms with Gasteiger partial charge in [0, 0.05) is 17.7 Å². The molecule has 0 unspecified atom stereocenters. The van der Waals surface area contributed by atoms with E-state index in [1.807, 2.05) is 18.2 Å². The quantitative estimate of drug-likeness (QED) is 0.606. The molecular weight excluding hydrogens is 386 g/mol. The molecule has 1 atom stereocenters. The number of urea groups is 1. The molecule has 0 radical (unpaired) electrons. The van der Waals surface area contributed by atoms with Gasteiger partial charge in [-0.1, -0.05) is 48.5 Å². The van der Waals surface area contributed by atoms with Gasteiger partial charge in [0.2, 0.25) is 12.0 Å². The molecule has 2 N–H and O–H groups in total. The third-order valence-electron chi connectivity index (χ3n) is 4.15. The third kappa shape index (κ3) is 4.91. The molecule has 3 rings (SSSR count). The van der Waals surface area contributed by atoms with Gasteiger partial charge in [-0.05, 0) is 26.0 Å². The summed E-state index contributed by atoms with van der Waals surface area (Å²) in [7, 11) is 0. The number of esters is 1. The number of oxazole rings is 1. The van der Waals surface area contributed by atoms with E-state index in [4.69, 9.17) is 9.15 Å². The van der Waals surface area contributed by atoms with Crippen molar-refractivity contribution in [2.24, 2.45) is 0 Å². The highest BCUT2D eigenvalue weighted by molar-refractivity contribution is 5.99. The molecule has 154 valence electrons. The number of amides is 3. The highest BCUT2D eigenvalue weighted by atomic mass is 16.5. The van der Waals surface area contributed by atoms with Crippen LogP contribution >= 0.6 is 0 Å². The summed E-state index contributed by atoms with van der Waals surface area (Å²) in [5.41, 5.74) is 1.07. The van der Waals surface area contributed by atoms with Crippen molar-refractivity contribution in [3.63, 3.8) is 0 Å². The summed E-state index contributed by atoms with van der Waals surface area (Å²) in [5, 5.41) is 4.63. The van der Waals surface area contributed by atoms with E-state index in [1.54, 1.807) is 56.3 Å². The first kappa shape index (κ1) is 20.8. The van der Waals surface area contributed by atoms with Crippen LogP contribution in [-0.4, -0.2) is 29.4 Å². The summed E-state index contributed by atoms with van der Waals surface area (Å²) in [6, 6.07) is 16.8. The number of nitrogens with zero attached hydrogens (tertiary/aromatic N) is 1. The Hall–Kier alpha value is -3.94. The second-order valence-electron chi connectivity index (χ2n) is 6.33. The van der Waals surface area contributed by atoms with E-state index in [0.717, 1.165) is 0 Å². The Bertz CT molecular complexity index is 1030. The highest BCUT2D eigenvalue weighted by Gasteiger charge is 2.29. The fourth-order valence-corrected chi connectivity index (χ4v) is 2.74. The Morgan fingerprint density at radius 1 is 1.03 bits per heavy atom. The van der Waals surface area contributed by atoms with Crippen LogP contribution in [0.1, 0.15) is 34.8 Å². The van der Waals surface area contributed by atoms with Crippen LogP contribution in [0.25, 0.3) is 11.5 Å². The average Bonchev–Trinajstić information content (AvgIpc) is 3.15. The summed E-state index contributed by atoms with van der Waals surface area (Å²) < 4.78 is 11.0. The minimum Gasteiger partial charge on any atom is -0.442 e. The Kier molecular flexibility index (Phi) is 6.59. The fourth-order valence-electron chi connectivity index (χ4n) is 2.74. The van der Waals surface area contributed by atoms with Crippen molar-refractivity contribution in [2.75, 3.05) is 6.54 Å². The van der Waals surface area contributed by atoms with Gasteiger partial charge in [-0.2, -0.15) is 0 Å². The first-order valence-electron chi connectivity index (χ1n) is 9.37. The van der Waals surface area contributed by atoms with E-state index in [-0.39, 0.29) is 17.3 Å². The number of carbonyl (C=O) groups is 3. The summed E-state index contributed by atoms with van der Waals surface area (Å²) in [6.07, 6.45) is -1.34. The summed E-state index contributed by atoms with van der Waals surface area (Å²) in [5.74, 6) is -1.08. The molecule has 0 aliphatic rings. The normalized spacial score (nSPS) is 11.4. The molecule has 0 aliphatic carbocycles. The molecule has 2 aromatic carbocycles. The Morgan fingerprint density at radius 3 is 2.30 bits per heavy atom. The maximum Gasteiger partial charge on any atom is 0.361 e. The van der Waals surface area contributed by atoms with Crippen molar-refractivity contribution in [1.82, 2.24) is 15.6 Å². The number of rotatable bonds is 6. The van der Waals surface area contributed by atoms with Gasteiger partial charge >= 0.3 is 12.0 Å². The Balaban J connectivity index is 1.84. The van der Waals surface area contributed by atoms with Gasteiger partial charge in [0.1, 0.15) is 5.76 Å². The monoisotopic (exact) mass is 407 g/mol. The van der Waals surface area contributed by atoms with Gasteiger partial charge in [0.15, 0.2) is 5.69 Å². The van der Waals surface area contributed by atoms with Crippen LogP contribution in [0.2, 0.25) is 0 Å². The predicted octanol–water partition coefficient (Wildman–Crippen LogP) is 3.39. The number of ether oxygens (including phenoxy) is 1. The minimum absolute atomic E-state index is 0.0411. The average molecular weight is 407 g/mol. The lowest BCUT2D eigenvalue weighted by molar-refractivity contribution is -0.129. The summed E-state index contributed by atoms with van der Waals surface area (Å²) >= 11 is 0. The lowest BCUT2D eigenvalue weighted by atomic mass is 10.1. The van der Waals surface area contributed by atoms with E-state index in [0.29, 0.717) is 17.7 Å². The number of hydrogen-bond acceptors (Lipinski definition) is 6. The second kappa shape index (κ2) is 9.51. The van der Waals surface area contributed by atoms with Crippen LogP contribution < -0.4 is 10.6 Å². The first-order chi connectivity index (χ1) is 14.5. The van der Waals surface area contributed by atoms with Gasteiger partial charge in [-0.25, -0.2) is 14.6 Å². The van der Waals surface area contributed by atoms with E-state index in [1.165, 1.54) is 0 Å². The number of hydrogen-bond donors (Lipinski definition) is 2. The molecule has 8 nitrogen and oxygen atoms in total. The minimum atomic E-state index is -1.34. The largest absolute Gasteiger partial charge is 0.442 e. The third-order valence-corrected chi connectivity index (χ3v) is 4.15. The van der Waals surface area contributed by atoms with E-state index in [2.05, 4.69) is 15.6 Å². The second-order valence-corrected chi connectivity index (χ2v) is 6.33. The molecule has 0 bridgehead atoms. The van der Waals surface area contributed by atoms with Crippen LogP contribution in [0.3, 0.4) is 0 Å². The molecule has 3 amide bonds. The maximum absolute atomic E-state index is 12.8. The fraction of sp³-hybridized carbons (Fsp3) is 0.182. The molecule has 0 spiro atoms. The highest BCUT2D eigenvalue weighted by Crippen LogP contribution is 2.24. The first-order valence-corrected chi connectivity index (χ1v) is 9.37. The van der Waals surface area contributed by atoms with Gasteiger partial charge in [-0.3, -0.25) is 10.1 Å². The van der Waals surface area contributed by atoms with Crippen LogP contribution in [-0.2, 0) is 9.53 Å². The number of carbonyl (C=O) groups excluding carboxylic acids is 3. The van der Waals surface area contributed by atoms with Crippen LogP contribution in [0, 0.1) is 6.92 Å². The predicted molar refractivity (Wildman–Crippen MR) is 108 cm³/mol. The van der Waals surface area contributed by atoms with E-state index < -0.39 is 24.0 Å². The zero-order valence-electron chi connectivity index (χ0n) is 16.5. The number of nitrogens with one attached hydrogen (secondary N) is 2. The zero-order valence-corrected chi connectivity index (χ0v) is 16.5. The van der Waals surface area contributed by atoms with Crippen molar-refractivity contribution in [1.29, 1.82) is 0 Å². The van der Waals surface area contributed by atoms with Crippen LogP contribution in [0.4, 0.5) is 4.79 Å². The summed E-state index contributed by atoms with van der Waals surface area (Å²) in [6.45, 7) is 3.65. The molecule has 0 saturated heterocycles. The molecule has 1 heterocycles. The molecule has 1 aromatic heterocycles. The number of imide groups is 1. The van der Waals surface area contributed by atoms with Crippen molar-refractivity contribution in [2.45, 2.75) is 20.0 Å². The zero-order chi connectivity index (χ0) is 21.5. The Morgan fingerprint density at radius 2 is 1.67 bits per heavy atom. The molecule has 30 heavy (non-hydrogen) atoms. The van der Waals surface area contributed by atoms with Crippen molar-refractivity contribution >= 4 is 17.9 Å². The molecule has 8 heteroatoms. The van der Waals surface area contributed by atoms with Crippen LogP contribution in [0.15, 0.2) is 65.1 Å². The van der Waals surface area contributed by atoms with Gasteiger partial charge in [-0.15, -0.1) is 0 Å². The number of aromatic nitrogens is 1. The molecular formula is C22H21N3O5. The molecule has 0 saturated carbocycles. The van der Waals surface area contributed by atoms with E-state index in [9.17, 15) is 14.4 Å². The van der Waals surface area contributed by atoms with Gasteiger partial charge in [0.05, 0.1) is 0 Å². The van der Waals surface area contributed by atoms with Crippen molar-refractivity contribution in [3.05, 3.63) is 77.7 Å². The summed E-state index contributed by atoms with van der Waals surface area (Å²) in [4.78, 5) is 41.4. The molecule has 0 aliphatic heterocycles. The smallest absolute Gasteiger partial charge is 0.361 e. The van der Waals surface area contributed by atoms with E-state index >= 15 is 0 Å². The topological polar surface area (TPSA) is 111 Å². The van der Waals surface area contributed by atoms with Gasteiger partial charge in [0.25, 0.3) is 5.91 Å². The SMILES string of the molecule is CCNC(=O)NC(=O)[C@@H](OC(=O)c1nc(-c2ccccc2)oc1C)c1ccccc1. The number of aryl methyl sites for hydroxylation is 1. The molecule has 3 aromatic rings.